The third kappa shape index (κ3) is 6.97. The number of hydrogen-bond acceptors (Lipinski definition) is 5. The molecule has 1 atom stereocenters. The van der Waals surface area contributed by atoms with Crippen molar-refractivity contribution in [2.75, 3.05) is 52.5 Å². The summed E-state index contributed by atoms with van der Waals surface area (Å²) >= 11 is 0. The zero-order chi connectivity index (χ0) is 18.6. The molecular formula is C18H30N6O2. The van der Waals surface area contributed by atoms with E-state index in [-0.39, 0.29) is 5.91 Å². The molecule has 8 nitrogen and oxygen atoms in total. The van der Waals surface area contributed by atoms with Crippen molar-refractivity contribution >= 4 is 11.9 Å². The number of amides is 1. The third-order valence-electron chi connectivity index (χ3n) is 4.15. The molecule has 2 heterocycles. The van der Waals surface area contributed by atoms with E-state index in [1.54, 1.807) is 24.5 Å². The zero-order valence-electron chi connectivity index (χ0n) is 15.7. The summed E-state index contributed by atoms with van der Waals surface area (Å²) in [6.07, 6.45) is 3.21. The van der Waals surface area contributed by atoms with Gasteiger partial charge in [0.2, 0.25) is 0 Å². The van der Waals surface area contributed by atoms with E-state index >= 15 is 0 Å². The van der Waals surface area contributed by atoms with E-state index in [4.69, 9.17) is 4.74 Å². The molecule has 0 spiro atoms. The maximum Gasteiger partial charge on any atom is 0.252 e. The van der Waals surface area contributed by atoms with Gasteiger partial charge in [0, 0.05) is 51.2 Å². The Hall–Kier alpha value is -2.19. The first kappa shape index (κ1) is 20.1. The van der Waals surface area contributed by atoms with Crippen molar-refractivity contribution in [3.8, 4) is 0 Å². The molecule has 1 aromatic heterocycles. The summed E-state index contributed by atoms with van der Waals surface area (Å²) in [6, 6.07) is 3.87. The molecule has 3 N–H and O–H groups in total. The van der Waals surface area contributed by atoms with Crippen LogP contribution in [0.25, 0.3) is 0 Å². The van der Waals surface area contributed by atoms with Crippen LogP contribution in [0.3, 0.4) is 0 Å². The van der Waals surface area contributed by atoms with E-state index in [1.807, 2.05) is 6.92 Å². The average Bonchev–Trinajstić information content (AvgIpc) is 2.70. The zero-order valence-corrected chi connectivity index (χ0v) is 15.7. The van der Waals surface area contributed by atoms with Crippen LogP contribution in [-0.4, -0.2) is 80.3 Å². The summed E-state index contributed by atoms with van der Waals surface area (Å²) in [5.74, 6) is 0.644. The molecule has 26 heavy (non-hydrogen) atoms. The molecule has 1 unspecified atom stereocenters. The molecule has 0 radical (unpaired) electrons. The highest BCUT2D eigenvalue weighted by atomic mass is 16.5. The minimum Gasteiger partial charge on any atom is -0.379 e. The van der Waals surface area contributed by atoms with Crippen molar-refractivity contribution in [1.29, 1.82) is 0 Å². The molecule has 2 rings (SSSR count). The molecule has 0 aromatic carbocycles. The van der Waals surface area contributed by atoms with Gasteiger partial charge in [-0.15, -0.1) is 0 Å². The minimum atomic E-state index is -0.122. The predicted octanol–water partition coefficient (Wildman–Crippen LogP) is 0.0872. The van der Waals surface area contributed by atoms with Crippen molar-refractivity contribution in [2.45, 2.75) is 19.9 Å². The van der Waals surface area contributed by atoms with Crippen molar-refractivity contribution < 1.29 is 9.53 Å². The van der Waals surface area contributed by atoms with E-state index in [2.05, 4.69) is 37.8 Å². The molecule has 1 aliphatic heterocycles. The molecule has 8 heteroatoms. The minimum absolute atomic E-state index is 0.122. The Morgan fingerprint density at radius 3 is 2.77 bits per heavy atom. The number of carbonyl (C=O) groups excluding carboxylic acids is 1. The number of aliphatic imine (C=N–C) groups is 1. The smallest absolute Gasteiger partial charge is 0.252 e. The summed E-state index contributed by atoms with van der Waals surface area (Å²) in [5, 5.41) is 9.35. The Balaban J connectivity index is 1.72. The first-order valence-electron chi connectivity index (χ1n) is 9.23. The van der Waals surface area contributed by atoms with Crippen molar-refractivity contribution in [3.63, 3.8) is 0 Å². The number of rotatable bonds is 8. The third-order valence-corrected chi connectivity index (χ3v) is 4.15. The highest BCUT2D eigenvalue weighted by Crippen LogP contribution is 2.03. The van der Waals surface area contributed by atoms with Crippen molar-refractivity contribution in [3.05, 3.63) is 30.1 Å². The van der Waals surface area contributed by atoms with Gasteiger partial charge in [-0.05, 0) is 26.0 Å². The second-order valence-electron chi connectivity index (χ2n) is 6.14. The van der Waals surface area contributed by atoms with E-state index in [9.17, 15) is 4.79 Å². The van der Waals surface area contributed by atoms with Gasteiger partial charge in [-0.3, -0.25) is 19.7 Å². The molecule has 1 amide bonds. The number of morpholine rings is 1. The molecule has 0 saturated carbocycles. The number of guanidine groups is 1. The van der Waals surface area contributed by atoms with Gasteiger partial charge >= 0.3 is 0 Å². The second kappa shape index (κ2) is 11.4. The van der Waals surface area contributed by atoms with Crippen molar-refractivity contribution in [1.82, 2.24) is 25.8 Å². The van der Waals surface area contributed by atoms with Gasteiger partial charge in [-0.2, -0.15) is 0 Å². The monoisotopic (exact) mass is 362 g/mol. The molecule has 0 aliphatic carbocycles. The highest BCUT2D eigenvalue weighted by molar-refractivity contribution is 5.93. The Morgan fingerprint density at radius 1 is 1.31 bits per heavy atom. The maximum absolute atomic E-state index is 12.0. The van der Waals surface area contributed by atoms with E-state index in [0.29, 0.717) is 24.7 Å². The SMILES string of the molecule is CCNC(=NCC(C)N1CCOCC1)NCCNC(=O)c1cccnc1. The molecule has 0 bridgehead atoms. The lowest BCUT2D eigenvalue weighted by molar-refractivity contribution is 0.0220. The number of nitrogens with one attached hydrogen (secondary N) is 3. The van der Waals surface area contributed by atoms with Gasteiger partial charge in [-0.25, -0.2) is 0 Å². The maximum atomic E-state index is 12.0. The summed E-state index contributed by atoms with van der Waals surface area (Å²) in [5.41, 5.74) is 0.562. The molecule has 1 aromatic rings. The van der Waals surface area contributed by atoms with Gasteiger partial charge in [-0.1, -0.05) is 0 Å². The summed E-state index contributed by atoms with van der Waals surface area (Å²) in [6.45, 7) is 10.4. The Labute approximate surface area is 155 Å². The fraction of sp³-hybridized carbons (Fsp3) is 0.611. The fourth-order valence-corrected chi connectivity index (χ4v) is 2.65. The van der Waals surface area contributed by atoms with Gasteiger partial charge < -0.3 is 20.7 Å². The average molecular weight is 362 g/mol. The lowest BCUT2D eigenvalue weighted by atomic mass is 10.2. The molecule has 1 saturated heterocycles. The van der Waals surface area contributed by atoms with Crippen LogP contribution in [0.1, 0.15) is 24.2 Å². The molecule has 1 aliphatic rings. The normalized spacial score (nSPS) is 16.8. The van der Waals surface area contributed by atoms with Crippen LogP contribution in [-0.2, 0) is 4.74 Å². The van der Waals surface area contributed by atoms with E-state index in [0.717, 1.165) is 45.4 Å². The van der Waals surface area contributed by atoms with Crippen LogP contribution in [0.15, 0.2) is 29.5 Å². The number of pyridine rings is 1. The van der Waals surface area contributed by atoms with Crippen molar-refractivity contribution in [2.24, 2.45) is 4.99 Å². The molecular weight excluding hydrogens is 332 g/mol. The fourth-order valence-electron chi connectivity index (χ4n) is 2.65. The lowest BCUT2D eigenvalue weighted by Gasteiger charge is -2.31. The van der Waals surface area contributed by atoms with Gasteiger partial charge in [0.1, 0.15) is 0 Å². The van der Waals surface area contributed by atoms with Crippen LogP contribution >= 0.6 is 0 Å². The Morgan fingerprint density at radius 2 is 2.08 bits per heavy atom. The van der Waals surface area contributed by atoms with Crippen LogP contribution in [0.4, 0.5) is 0 Å². The van der Waals surface area contributed by atoms with Crippen LogP contribution in [0.2, 0.25) is 0 Å². The first-order valence-corrected chi connectivity index (χ1v) is 9.23. The quantitative estimate of drug-likeness (QED) is 0.345. The van der Waals surface area contributed by atoms with Crippen LogP contribution in [0.5, 0.6) is 0 Å². The van der Waals surface area contributed by atoms with E-state index < -0.39 is 0 Å². The number of carbonyl (C=O) groups is 1. The Bertz CT molecular complexity index is 560. The second-order valence-corrected chi connectivity index (χ2v) is 6.14. The van der Waals surface area contributed by atoms with Gasteiger partial charge in [0.25, 0.3) is 5.91 Å². The number of nitrogens with zero attached hydrogens (tertiary/aromatic N) is 3. The van der Waals surface area contributed by atoms with Crippen LogP contribution < -0.4 is 16.0 Å². The summed E-state index contributed by atoms with van der Waals surface area (Å²) in [7, 11) is 0. The highest BCUT2D eigenvalue weighted by Gasteiger charge is 2.16. The first-order chi connectivity index (χ1) is 12.7. The Kier molecular flexibility index (Phi) is 8.85. The number of hydrogen-bond donors (Lipinski definition) is 3. The molecule has 144 valence electrons. The molecule has 1 fully saturated rings. The summed E-state index contributed by atoms with van der Waals surface area (Å²) < 4.78 is 5.39. The number of ether oxygens (including phenoxy) is 1. The standard InChI is InChI=1S/C18H30N6O2/c1-3-20-18(23-13-15(2)24-9-11-26-12-10-24)22-8-7-21-17(25)16-5-4-6-19-14-16/h4-6,14-15H,3,7-13H2,1-2H3,(H,21,25)(H2,20,22,23). The van der Waals surface area contributed by atoms with Gasteiger partial charge in [0.15, 0.2) is 5.96 Å². The van der Waals surface area contributed by atoms with Crippen LogP contribution in [0, 0.1) is 0 Å². The largest absolute Gasteiger partial charge is 0.379 e. The summed E-state index contributed by atoms with van der Waals surface area (Å²) in [4.78, 5) is 23.0. The number of aromatic nitrogens is 1. The lowest BCUT2D eigenvalue weighted by Crippen LogP contribution is -2.45. The van der Waals surface area contributed by atoms with Gasteiger partial charge in [0.05, 0.1) is 25.3 Å². The predicted molar refractivity (Wildman–Crippen MR) is 102 cm³/mol. The topological polar surface area (TPSA) is 90.9 Å². The van der Waals surface area contributed by atoms with E-state index in [1.165, 1.54) is 0 Å².